The maximum Gasteiger partial charge on any atom is 0.274 e. The molecule has 2 bridgehead atoms. The Kier molecular flexibility index (Phi) is 5.96. The number of amides is 2. The van der Waals surface area contributed by atoms with Crippen LogP contribution >= 0.6 is 0 Å². The molecule has 2 aromatic carbocycles. The van der Waals surface area contributed by atoms with Gasteiger partial charge in [0, 0.05) is 37.8 Å². The lowest BCUT2D eigenvalue weighted by atomic mass is 9.99. The second-order valence-corrected chi connectivity index (χ2v) is 11.2. The topological polar surface area (TPSA) is 100 Å². The van der Waals surface area contributed by atoms with Crippen molar-refractivity contribution in [2.45, 2.75) is 57.2 Å². The number of carbonyl (C=O) groups is 2. The number of fused-ring (bicyclic) bond motifs is 5. The fourth-order valence-corrected chi connectivity index (χ4v) is 6.68. The highest BCUT2D eigenvalue weighted by molar-refractivity contribution is 6.02. The van der Waals surface area contributed by atoms with Crippen molar-refractivity contribution in [2.24, 2.45) is 0 Å². The summed E-state index contributed by atoms with van der Waals surface area (Å²) in [6, 6.07) is 9.22. The van der Waals surface area contributed by atoms with Crippen LogP contribution in [0.5, 0.6) is 0 Å². The molecule has 9 nitrogen and oxygen atoms in total. The van der Waals surface area contributed by atoms with E-state index in [1.165, 1.54) is 12.1 Å². The van der Waals surface area contributed by atoms with Crippen LogP contribution in [0.2, 0.25) is 0 Å². The summed E-state index contributed by atoms with van der Waals surface area (Å²) in [4.78, 5) is 51.5. The zero-order valence-corrected chi connectivity index (χ0v) is 22.2. The van der Waals surface area contributed by atoms with Crippen LogP contribution in [-0.4, -0.2) is 67.8 Å². The van der Waals surface area contributed by atoms with Crippen LogP contribution in [0.25, 0.3) is 16.6 Å². The number of hydrogen-bond donors (Lipinski definition) is 1. The van der Waals surface area contributed by atoms with Gasteiger partial charge in [-0.2, -0.15) is 0 Å². The monoisotopic (exact) mass is 543 g/mol. The van der Waals surface area contributed by atoms with Gasteiger partial charge in [0.25, 0.3) is 11.5 Å². The van der Waals surface area contributed by atoms with Crippen LogP contribution in [0, 0.1) is 12.7 Å². The van der Waals surface area contributed by atoms with Crippen molar-refractivity contribution in [3.05, 3.63) is 81.3 Å². The predicted octanol–water partition coefficient (Wildman–Crippen LogP) is 3.53. The van der Waals surface area contributed by atoms with Gasteiger partial charge in [0.2, 0.25) is 5.91 Å². The van der Waals surface area contributed by atoms with Gasteiger partial charge < -0.3 is 19.5 Å². The van der Waals surface area contributed by atoms with Crippen LogP contribution < -0.4 is 5.56 Å². The van der Waals surface area contributed by atoms with Crippen LogP contribution in [0.3, 0.4) is 0 Å². The minimum absolute atomic E-state index is 0.0838. The molecule has 0 saturated carbocycles. The number of hydrogen-bond acceptors (Lipinski definition) is 5. The highest BCUT2D eigenvalue weighted by atomic mass is 19.1. The third-order valence-electron chi connectivity index (χ3n) is 8.72. The summed E-state index contributed by atoms with van der Waals surface area (Å²) < 4.78 is 20.8. The molecule has 2 amide bonds. The molecule has 1 N–H and O–H groups in total. The number of H-pyrrole nitrogens is 1. The Labute approximate surface area is 229 Å². The summed E-state index contributed by atoms with van der Waals surface area (Å²) in [5.74, 6) is 0.438. The van der Waals surface area contributed by atoms with Crippen LogP contribution in [0.15, 0.2) is 47.4 Å². The molecule has 206 valence electrons. The lowest BCUT2D eigenvalue weighted by Crippen LogP contribution is -2.58. The standard InChI is InChI=1S/C30H30FN5O4/c1-17-12-25-23(33-28(37)26-14-32-27(36(25)26)19-8-10-40-11-9-19)13-22(17)29(38)35-21-6-7-24(35)30(39)34(16-21)15-18-2-4-20(31)5-3-18/h2-5,12-14,19,21,24H,6-11,15-16H2,1H3,(H,33,37)/t21-,24+/m1/s1. The van der Waals surface area contributed by atoms with Crippen molar-refractivity contribution < 1.29 is 18.7 Å². The van der Waals surface area contributed by atoms with E-state index in [9.17, 15) is 18.8 Å². The Bertz CT molecular complexity index is 1710. The van der Waals surface area contributed by atoms with Gasteiger partial charge in [-0.1, -0.05) is 12.1 Å². The maximum absolute atomic E-state index is 14.0. The molecule has 3 aliphatic heterocycles. The van der Waals surface area contributed by atoms with Crippen molar-refractivity contribution in [3.8, 4) is 0 Å². The normalized spacial score (nSPS) is 21.6. The van der Waals surface area contributed by atoms with Crippen LogP contribution in [0.4, 0.5) is 4.39 Å². The first-order chi connectivity index (χ1) is 19.4. The molecule has 4 aromatic rings. The summed E-state index contributed by atoms with van der Waals surface area (Å²) in [5.41, 5.74) is 3.69. The SMILES string of the molecule is Cc1cc2c(cc1C(=O)N1[C@@H]3CC[C@H]1C(=O)N(Cc1ccc(F)cc1)C3)[nH]c(=O)c1cnc(C3CCOCC3)n12. The molecule has 2 aromatic heterocycles. The molecule has 3 saturated heterocycles. The molecule has 3 fully saturated rings. The highest BCUT2D eigenvalue weighted by Crippen LogP contribution is 2.35. The molecule has 2 atom stereocenters. The van der Waals surface area contributed by atoms with Gasteiger partial charge in [0.15, 0.2) is 0 Å². The molecule has 0 unspecified atom stereocenters. The van der Waals surface area contributed by atoms with Gasteiger partial charge in [-0.25, -0.2) is 9.37 Å². The number of carbonyl (C=O) groups excluding carboxylic acids is 2. The van der Waals surface area contributed by atoms with E-state index in [1.807, 2.05) is 17.4 Å². The lowest BCUT2D eigenvalue weighted by Gasteiger charge is -2.40. The average Bonchev–Trinajstić information content (AvgIpc) is 3.56. The highest BCUT2D eigenvalue weighted by Gasteiger charge is 2.48. The van der Waals surface area contributed by atoms with Gasteiger partial charge in [-0.15, -0.1) is 0 Å². The molecular weight excluding hydrogens is 513 g/mol. The smallest absolute Gasteiger partial charge is 0.274 e. The van der Waals surface area contributed by atoms with Gasteiger partial charge in [-0.05, 0) is 68.0 Å². The second kappa shape index (κ2) is 9.55. The van der Waals surface area contributed by atoms with Crippen LogP contribution in [0.1, 0.15) is 58.9 Å². The Morgan fingerprint density at radius 1 is 1.07 bits per heavy atom. The van der Waals surface area contributed by atoms with Crippen molar-refractivity contribution in [1.29, 1.82) is 0 Å². The van der Waals surface area contributed by atoms with Crippen molar-refractivity contribution >= 4 is 28.4 Å². The number of benzene rings is 2. The first-order valence-electron chi connectivity index (χ1n) is 13.9. The van der Waals surface area contributed by atoms with Crippen molar-refractivity contribution in [3.63, 3.8) is 0 Å². The first-order valence-corrected chi connectivity index (χ1v) is 13.9. The summed E-state index contributed by atoms with van der Waals surface area (Å²) >= 11 is 0. The molecule has 10 heteroatoms. The fraction of sp³-hybridized carbons (Fsp3) is 0.400. The Morgan fingerprint density at radius 3 is 2.62 bits per heavy atom. The third kappa shape index (κ3) is 4.00. The predicted molar refractivity (Wildman–Crippen MR) is 146 cm³/mol. The van der Waals surface area contributed by atoms with E-state index in [4.69, 9.17) is 4.74 Å². The van der Waals surface area contributed by atoms with E-state index in [2.05, 4.69) is 9.97 Å². The van der Waals surface area contributed by atoms with E-state index >= 15 is 0 Å². The lowest BCUT2D eigenvalue weighted by molar-refractivity contribution is -0.140. The fourth-order valence-electron chi connectivity index (χ4n) is 6.68. The molecule has 0 radical (unpaired) electrons. The summed E-state index contributed by atoms with van der Waals surface area (Å²) in [5, 5.41) is 0. The minimum atomic E-state index is -0.530. The van der Waals surface area contributed by atoms with Crippen molar-refractivity contribution in [2.75, 3.05) is 19.8 Å². The average molecular weight is 544 g/mol. The van der Waals surface area contributed by atoms with E-state index in [1.54, 1.807) is 34.2 Å². The Hall–Kier alpha value is -4.05. The van der Waals surface area contributed by atoms with Crippen LogP contribution in [-0.2, 0) is 16.1 Å². The number of nitrogens with zero attached hydrogens (tertiary/aromatic N) is 4. The molecule has 7 rings (SSSR count). The number of halogens is 1. The maximum atomic E-state index is 14.0. The van der Waals surface area contributed by atoms with Gasteiger partial charge >= 0.3 is 0 Å². The number of ether oxygens (including phenoxy) is 1. The molecule has 40 heavy (non-hydrogen) atoms. The summed E-state index contributed by atoms with van der Waals surface area (Å²) in [7, 11) is 0. The number of aromatic nitrogens is 3. The summed E-state index contributed by atoms with van der Waals surface area (Å²) in [6.07, 6.45) is 4.66. The number of aryl methyl sites for hydroxylation is 1. The molecular formula is C30H30FN5O4. The van der Waals surface area contributed by atoms with Gasteiger partial charge in [-0.3, -0.25) is 18.8 Å². The zero-order valence-electron chi connectivity index (χ0n) is 22.2. The number of piperazine rings is 1. The molecule has 5 heterocycles. The molecule has 3 aliphatic rings. The number of imidazole rings is 1. The van der Waals surface area contributed by atoms with Crippen molar-refractivity contribution in [1.82, 2.24) is 24.2 Å². The van der Waals surface area contributed by atoms with Gasteiger partial charge in [0.05, 0.1) is 23.3 Å². The van der Waals surface area contributed by atoms with Gasteiger partial charge in [0.1, 0.15) is 23.2 Å². The first kappa shape index (κ1) is 25.0. The number of nitrogens with one attached hydrogen (secondary N) is 1. The van der Waals surface area contributed by atoms with E-state index in [0.717, 1.165) is 41.7 Å². The molecule has 0 aliphatic carbocycles. The summed E-state index contributed by atoms with van der Waals surface area (Å²) in [6.45, 7) is 4.04. The van der Waals surface area contributed by atoms with E-state index in [0.29, 0.717) is 49.3 Å². The second-order valence-electron chi connectivity index (χ2n) is 11.2. The Balaban J connectivity index is 1.21. The third-order valence-corrected chi connectivity index (χ3v) is 8.72. The quantitative estimate of drug-likeness (QED) is 0.425. The minimum Gasteiger partial charge on any atom is -0.381 e. The number of likely N-dealkylation sites (tertiary alicyclic amines) is 1. The van der Waals surface area contributed by atoms with E-state index in [-0.39, 0.29) is 35.2 Å². The van der Waals surface area contributed by atoms with E-state index < -0.39 is 6.04 Å². The zero-order chi connectivity index (χ0) is 27.5. The number of aromatic amines is 1. The Morgan fingerprint density at radius 2 is 1.85 bits per heavy atom. The largest absolute Gasteiger partial charge is 0.381 e. The number of rotatable bonds is 4. The molecule has 0 spiro atoms.